The molecule has 1 aromatic rings. The van der Waals surface area contributed by atoms with Gasteiger partial charge in [0.1, 0.15) is 12.6 Å². The van der Waals surface area contributed by atoms with Crippen LogP contribution < -0.4 is 4.90 Å². The molecule has 0 spiro atoms. The van der Waals surface area contributed by atoms with Gasteiger partial charge < -0.3 is 9.64 Å². The van der Waals surface area contributed by atoms with Gasteiger partial charge in [0.25, 0.3) is 0 Å². The lowest BCUT2D eigenvalue weighted by molar-refractivity contribution is -0.907. The number of quaternary nitrogens is 1. The number of sulfonamides is 1. The number of nitrogens with zero attached hydrogens (tertiary/aromatic N) is 1. The van der Waals surface area contributed by atoms with Crippen molar-refractivity contribution in [1.82, 2.24) is 4.31 Å². The molecule has 25 heavy (non-hydrogen) atoms. The molecule has 0 amide bonds. The Labute approximate surface area is 151 Å². The van der Waals surface area contributed by atoms with E-state index in [4.69, 9.17) is 4.74 Å². The first-order chi connectivity index (χ1) is 12.1. The van der Waals surface area contributed by atoms with Crippen molar-refractivity contribution >= 4 is 10.0 Å². The van der Waals surface area contributed by atoms with Crippen LogP contribution in [0.3, 0.4) is 0 Å². The molecule has 0 unspecified atom stereocenters. The molecule has 0 radical (unpaired) electrons. The Morgan fingerprint density at radius 3 is 2.64 bits per heavy atom. The molecule has 2 heterocycles. The molecular formula is C19H29N2O3S+. The van der Waals surface area contributed by atoms with Gasteiger partial charge in [-0.3, -0.25) is 0 Å². The van der Waals surface area contributed by atoms with Gasteiger partial charge >= 0.3 is 0 Å². The van der Waals surface area contributed by atoms with Crippen LogP contribution in [0.5, 0.6) is 0 Å². The lowest BCUT2D eigenvalue weighted by atomic mass is 10.1. The molecule has 2 saturated heterocycles. The molecule has 4 rings (SSSR count). The molecule has 1 aromatic carbocycles. The topological polar surface area (TPSA) is 51.0 Å². The zero-order valence-corrected chi connectivity index (χ0v) is 15.7. The van der Waals surface area contributed by atoms with Crippen LogP contribution in [0.25, 0.3) is 0 Å². The van der Waals surface area contributed by atoms with Gasteiger partial charge in [-0.15, -0.1) is 0 Å². The molecule has 3 aliphatic rings. The monoisotopic (exact) mass is 365 g/mol. The maximum Gasteiger partial charge on any atom is 0.243 e. The quantitative estimate of drug-likeness (QED) is 0.852. The van der Waals surface area contributed by atoms with E-state index in [1.807, 2.05) is 12.1 Å². The van der Waals surface area contributed by atoms with Crippen molar-refractivity contribution in [3.05, 3.63) is 29.3 Å². The number of rotatable bonds is 4. The molecule has 0 saturated carbocycles. The van der Waals surface area contributed by atoms with Crippen LogP contribution in [0.2, 0.25) is 0 Å². The number of benzene rings is 1. The summed E-state index contributed by atoms with van der Waals surface area (Å²) in [7, 11) is -3.35. The third kappa shape index (κ3) is 3.77. The standard InChI is InChI=1S/C19H28N2O3S/c22-25(23,19-8-7-16-4-3-5-17(16)14-19)21-11-9-20(10-12-21)15-18-6-1-2-13-24-18/h7-8,14,18H,1-6,9-13,15H2/p+1/t18-/m0/s1. The fourth-order valence-corrected chi connectivity index (χ4v) is 5.89. The van der Waals surface area contributed by atoms with E-state index < -0.39 is 10.0 Å². The number of aryl methyl sites for hydroxylation is 2. The van der Waals surface area contributed by atoms with Gasteiger partial charge in [0, 0.05) is 6.61 Å². The third-order valence-corrected chi connectivity index (χ3v) is 7.82. The SMILES string of the molecule is O=S(=O)(c1ccc2c(c1)CCC2)N1CC[NH+](C[C@@H]2CCCCO2)CC1. The number of fused-ring (bicyclic) bond motifs is 1. The van der Waals surface area contributed by atoms with E-state index in [1.165, 1.54) is 28.9 Å². The molecule has 0 aromatic heterocycles. The maximum atomic E-state index is 13.0. The second-order valence-electron chi connectivity index (χ2n) is 7.63. The zero-order valence-electron chi connectivity index (χ0n) is 14.9. The van der Waals surface area contributed by atoms with Crippen molar-refractivity contribution in [2.75, 3.05) is 39.3 Å². The predicted octanol–water partition coefficient (Wildman–Crippen LogP) is 0.634. The summed E-state index contributed by atoms with van der Waals surface area (Å²) in [5.41, 5.74) is 2.54. The Morgan fingerprint density at radius 1 is 1.08 bits per heavy atom. The van der Waals surface area contributed by atoms with Gasteiger partial charge in [0.2, 0.25) is 10.0 Å². The summed E-state index contributed by atoms with van der Waals surface area (Å²) in [6.45, 7) is 4.89. The van der Waals surface area contributed by atoms with Crippen molar-refractivity contribution in [3.63, 3.8) is 0 Å². The molecule has 5 nitrogen and oxygen atoms in total. The summed E-state index contributed by atoms with van der Waals surface area (Å²) in [4.78, 5) is 1.96. The van der Waals surface area contributed by atoms with Gasteiger partial charge in [-0.25, -0.2) is 8.42 Å². The summed E-state index contributed by atoms with van der Waals surface area (Å²) < 4.78 is 33.5. The van der Waals surface area contributed by atoms with E-state index in [-0.39, 0.29) is 0 Å². The summed E-state index contributed by atoms with van der Waals surface area (Å²) in [5.74, 6) is 0. The van der Waals surface area contributed by atoms with Crippen LogP contribution in [0.4, 0.5) is 0 Å². The molecule has 2 fully saturated rings. The van der Waals surface area contributed by atoms with Crippen molar-refractivity contribution in [1.29, 1.82) is 0 Å². The molecule has 2 aliphatic heterocycles. The second-order valence-corrected chi connectivity index (χ2v) is 9.57. The molecule has 0 bridgehead atoms. The van der Waals surface area contributed by atoms with Crippen LogP contribution in [-0.2, 0) is 27.6 Å². The summed E-state index contributed by atoms with van der Waals surface area (Å²) >= 11 is 0. The van der Waals surface area contributed by atoms with Crippen molar-refractivity contribution in [2.24, 2.45) is 0 Å². The van der Waals surface area contributed by atoms with Crippen LogP contribution in [-0.4, -0.2) is 58.2 Å². The molecule has 1 aliphatic carbocycles. The van der Waals surface area contributed by atoms with Crippen LogP contribution in [0.1, 0.15) is 36.8 Å². The van der Waals surface area contributed by atoms with Gasteiger partial charge in [-0.05, 0) is 61.8 Å². The van der Waals surface area contributed by atoms with E-state index in [0.717, 1.165) is 51.9 Å². The highest BCUT2D eigenvalue weighted by atomic mass is 32.2. The third-order valence-electron chi connectivity index (χ3n) is 5.93. The minimum Gasteiger partial charge on any atom is -0.372 e. The van der Waals surface area contributed by atoms with Gasteiger partial charge in [-0.2, -0.15) is 4.31 Å². The average molecular weight is 366 g/mol. The first-order valence-corrected chi connectivity index (χ1v) is 11.1. The minimum atomic E-state index is -3.35. The van der Waals surface area contributed by atoms with Crippen molar-refractivity contribution < 1.29 is 18.1 Å². The van der Waals surface area contributed by atoms with Gasteiger partial charge in [0.05, 0.1) is 31.1 Å². The number of nitrogens with one attached hydrogen (secondary N) is 1. The summed E-state index contributed by atoms with van der Waals surface area (Å²) in [5, 5.41) is 0. The lowest BCUT2D eigenvalue weighted by Crippen LogP contribution is -3.15. The Morgan fingerprint density at radius 2 is 1.88 bits per heavy atom. The Balaban J connectivity index is 1.37. The van der Waals surface area contributed by atoms with E-state index >= 15 is 0 Å². The highest BCUT2D eigenvalue weighted by molar-refractivity contribution is 7.89. The number of hydrogen-bond acceptors (Lipinski definition) is 3. The fraction of sp³-hybridized carbons (Fsp3) is 0.684. The predicted molar refractivity (Wildman–Crippen MR) is 96.4 cm³/mol. The number of ether oxygens (including phenoxy) is 1. The number of piperazine rings is 1. The van der Waals surface area contributed by atoms with Crippen molar-refractivity contribution in [2.45, 2.75) is 49.5 Å². The Hall–Kier alpha value is -0.950. The summed E-state index contributed by atoms with van der Waals surface area (Å²) in [6, 6.07) is 5.72. The van der Waals surface area contributed by atoms with Crippen LogP contribution >= 0.6 is 0 Å². The van der Waals surface area contributed by atoms with Gasteiger partial charge in [0.15, 0.2) is 0 Å². The highest BCUT2D eigenvalue weighted by Crippen LogP contribution is 2.26. The second kappa shape index (κ2) is 7.35. The first-order valence-electron chi connectivity index (χ1n) is 9.70. The zero-order chi connectivity index (χ0) is 17.3. The van der Waals surface area contributed by atoms with Crippen molar-refractivity contribution in [3.8, 4) is 0 Å². The van der Waals surface area contributed by atoms with Crippen LogP contribution in [0.15, 0.2) is 23.1 Å². The lowest BCUT2D eigenvalue weighted by Gasteiger charge is -2.34. The maximum absolute atomic E-state index is 13.0. The van der Waals surface area contributed by atoms with E-state index in [1.54, 1.807) is 10.4 Å². The van der Waals surface area contributed by atoms with E-state index in [9.17, 15) is 8.42 Å². The summed E-state index contributed by atoms with van der Waals surface area (Å²) in [6.07, 6.45) is 7.20. The normalized spacial score (nSPS) is 25.8. The van der Waals surface area contributed by atoms with Crippen LogP contribution in [0, 0.1) is 0 Å². The van der Waals surface area contributed by atoms with Gasteiger partial charge in [-0.1, -0.05) is 6.07 Å². The average Bonchev–Trinajstić information content (AvgIpc) is 3.11. The Kier molecular flexibility index (Phi) is 5.13. The number of hydrogen-bond donors (Lipinski definition) is 1. The minimum absolute atomic E-state index is 0.364. The smallest absolute Gasteiger partial charge is 0.243 e. The molecular weight excluding hydrogens is 336 g/mol. The largest absolute Gasteiger partial charge is 0.372 e. The molecule has 138 valence electrons. The Bertz CT molecular complexity index is 705. The molecule has 1 N–H and O–H groups in total. The molecule has 6 heteroatoms. The molecule has 1 atom stereocenters. The first kappa shape index (κ1) is 17.5. The van der Waals surface area contributed by atoms with E-state index in [0.29, 0.717) is 24.1 Å². The van der Waals surface area contributed by atoms with E-state index in [2.05, 4.69) is 0 Å². The fourth-order valence-electron chi connectivity index (χ4n) is 4.40. The highest BCUT2D eigenvalue weighted by Gasteiger charge is 2.32.